The van der Waals surface area contributed by atoms with E-state index in [1.54, 1.807) is 18.5 Å². The molecule has 0 spiro atoms. The fraction of sp³-hybridized carbons (Fsp3) is 0.200. The Kier molecular flexibility index (Phi) is 1.42. The molecule has 0 saturated heterocycles. The zero-order chi connectivity index (χ0) is 5.82. The van der Waals surface area contributed by atoms with Gasteiger partial charge in [-0.3, -0.25) is 9.79 Å². The quantitative estimate of drug-likeness (QED) is 0.471. The fourth-order valence-corrected chi connectivity index (χ4v) is 0.457. The summed E-state index contributed by atoms with van der Waals surface area (Å²) in [6, 6.07) is 0. The van der Waals surface area contributed by atoms with E-state index in [1.807, 2.05) is 0 Å². The summed E-state index contributed by atoms with van der Waals surface area (Å²) in [5.74, 6) is 0. The lowest BCUT2D eigenvalue weighted by Gasteiger charge is -2.05. The van der Waals surface area contributed by atoms with Gasteiger partial charge in [-0.15, -0.1) is 0 Å². The lowest BCUT2D eigenvalue weighted by atomic mass is 10.5. The molecule has 1 rings (SSSR count). The van der Waals surface area contributed by atoms with Crippen LogP contribution >= 0.6 is 0 Å². The van der Waals surface area contributed by atoms with E-state index in [-0.39, 0.29) is 6.17 Å². The summed E-state index contributed by atoms with van der Waals surface area (Å²) in [5.41, 5.74) is 0. The van der Waals surface area contributed by atoms with Gasteiger partial charge in [-0.25, -0.2) is 0 Å². The van der Waals surface area contributed by atoms with Crippen LogP contribution in [0.3, 0.4) is 0 Å². The van der Waals surface area contributed by atoms with Crippen molar-refractivity contribution in [2.75, 3.05) is 0 Å². The molecule has 0 aliphatic carbocycles. The van der Waals surface area contributed by atoms with E-state index in [1.165, 1.54) is 0 Å². The van der Waals surface area contributed by atoms with E-state index < -0.39 is 0 Å². The molecule has 1 unspecified atom stereocenters. The van der Waals surface area contributed by atoms with E-state index in [2.05, 4.69) is 10.3 Å². The topological polar surface area (TPSA) is 41.5 Å². The first kappa shape index (κ1) is 5.03. The molecule has 0 aromatic carbocycles. The third-order valence-corrected chi connectivity index (χ3v) is 0.825. The second-order valence-corrected chi connectivity index (χ2v) is 1.40. The Morgan fingerprint density at radius 3 is 3.00 bits per heavy atom. The summed E-state index contributed by atoms with van der Waals surface area (Å²) in [6.07, 6.45) is 5.40. The van der Waals surface area contributed by atoms with Gasteiger partial charge in [0, 0.05) is 6.21 Å². The smallest absolute Gasteiger partial charge is 0.174 e. The molecule has 1 aliphatic rings. The molecule has 0 radical (unpaired) electrons. The van der Waals surface area contributed by atoms with Gasteiger partial charge in [0.1, 0.15) is 0 Å². The second kappa shape index (κ2) is 2.26. The predicted molar refractivity (Wildman–Crippen MR) is 30.6 cm³/mol. The van der Waals surface area contributed by atoms with E-state index in [0.29, 0.717) is 0 Å². The van der Waals surface area contributed by atoms with Crippen molar-refractivity contribution in [3.8, 4) is 0 Å². The number of aldehydes is 1. The number of aliphatic imine (C=N–C) groups is 1. The van der Waals surface area contributed by atoms with E-state index in [0.717, 1.165) is 6.29 Å². The molecule has 0 fully saturated rings. The second-order valence-electron chi connectivity index (χ2n) is 1.40. The third kappa shape index (κ3) is 0.932. The minimum absolute atomic E-state index is 0.361. The van der Waals surface area contributed by atoms with E-state index >= 15 is 0 Å². The number of allylic oxidation sites excluding steroid dienone is 1. The molecule has 0 saturated carbocycles. The SMILES string of the molecule is O=CC1N=CC=CN1. The van der Waals surface area contributed by atoms with Crippen molar-refractivity contribution in [3.63, 3.8) is 0 Å². The van der Waals surface area contributed by atoms with Gasteiger partial charge in [0.2, 0.25) is 0 Å². The minimum Gasteiger partial charge on any atom is -0.364 e. The van der Waals surface area contributed by atoms with Crippen molar-refractivity contribution >= 4 is 12.5 Å². The molecule has 1 atom stereocenters. The summed E-state index contributed by atoms with van der Waals surface area (Å²) < 4.78 is 0. The Morgan fingerprint density at radius 2 is 2.62 bits per heavy atom. The largest absolute Gasteiger partial charge is 0.364 e. The average Bonchev–Trinajstić information content (AvgIpc) is 1.90. The van der Waals surface area contributed by atoms with Gasteiger partial charge in [-0.1, -0.05) is 0 Å². The van der Waals surface area contributed by atoms with Gasteiger partial charge in [-0.2, -0.15) is 0 Å². The Balaban J connectivity index is 2.51. The normalized spacial score (nSPS) is 24.8. The van der Waals surface area contributed by atoms with Crippen molar-refractivity contribution in [3.05, 3.63) is 12.3 Å². The van der Waals surface area contributed by atoms with Gasteiger partial charge < -0.3 is 5.32 Å². The number of carbonyl (C=O) groups excluding carboxylic acids is 1. The van der Waals surface area contributed by atoms with Crippen LogP contribution < -0.4 is 5.32 Å². The molecular weight excluding hydrogens is 104 g/mol. The number of hydrogen-bond acceptors (Lipinski definition) is 3. The maximum atomic E-state index is 9.95. The Morgan fingerprint density at radius 1 is 1.75 bits per heavy atom. The number of rotatable bonds is 1. The zero-order valence-electron chi connectivity index (χ0n) is 4.24. The van der Waals surface area contributed by atoms with Crippen molar-refractivity contribution in [1.29, 1.82) is 0 Å². The Hall–Kier alpha value is -1.12. The highest BCUT2D eigenvalue weighted by Gasteiger charge is 1.98. The summed E-state index contributed by atoms with van der Waals surface area (Å²) in [6.45, 7) is 0. The van der Waals surface area contributed by atoms with Gasteiger partial charge >= 0.3 is 0 Å². The van der Waals surface area contributed by atoms with Crippen LogP contribution in [0.4, 0.5) is 0 Å². The third-order valence-electron chi connectivity index (χ3n) is 0.825. The average molecular weight is 110 g/mol. The first-order valence-corrected chi connectivity index (χ1v) is 2.33. The van der Waals surface area contributed by atoms with Crippen molar-refractivity contribution in [2.24, 2.45) is 4.99 Å². The molecule has 0 bridgehead atoms. The van der Waals surface area contributed by atoms with Crippen LogP contribution in [0.2, 0.25) is 0 Å². The van der Waals surface area contributed by atoms with Crippen molar-refractivity contribution in [2.45, 2.75) is 6.17 Å². The molecule has 0 aromatic heterocycles. The highest BCUT2D eigenvalue weighted by molar-refractivity contribution is 5.75. The summed E-state index contributed by atoms with van der Waals surface area (Å²) in [4.78, 5) is 13.7. The van der Waals surface area contributed by atoms with E-state index in [4.69, 9.17) is 0 Å². The molecule has 1 N–H and O–H groups in total. The first-order valence-electron chi connectivity index (χ1n) is 2.33. The summed E-state index contributed by atoms with van der Waals surface area (Å²) in [7, 11) is 0. The van der Waals surface area contributed by atoms with Crippen molar-refractivity contribution in [1.82, 2.24) is 5.32 Å². The van der Waals surface area contributed by atoms with Gasteiger partial charge in [0.25, 0.3) is 0 Å². The zero-order valence-corrected chi connectivity index (χ0v) is 4.24. The molecule has 0 aromatic rings. The molecular formula is C5H6N2O. The highest BCUT2D eigenvalue weighted by Crippen LogP contribution is 1.84. The van der Waals surface area contributed by atoms with Gasteiger partial charge in [0.15, 0.2) is 12.5 Å². The van der Waals surface area contributed by atoms with Crippen LogP contribution in [0.15, 0.2) is 17.3 Å². The monoisotopic (exact) mass is 110 g/mol. The molecule has 3 heteroatoms. The molecule has 1 heterocycles. The number of nitrogens with one attached hydrogen (secondary N) is 1. The van der Waals surface area contributed by atoms with Crippen molar-refractivity contribution < 1.29 is 4.79 Å². The Bertz CT molecular complexity index is 139. The molecule has 0 amide bonds. The van der Waals surface area contributed by atoms with Crippen LogP contribution in [0.5, 0.6) is 0 Å². The predicted octanol–water partition coefficient (Wildman–Crippen LogP) is -0.301. The van der Waals surface area contributed by atoms with Gasteiger partial charge in [-0.05, 0) is 12.3 Å². The maximum Gasteiger partial charge on any atom is 0.174 e. The Labute approximate surface area is 47.1 Å². The lowest BCUT2D eigenvalue weighted by Crippen LogP contribution is -2.25. The molecule has 8 heavy (non-hydrogen) atoms. The van der Waals surface area contributed by atoms with Crippen LogP contribution in [0.1, 0.15) is 0 Å². The minimum atomic E-state index is -0.361. The van der Waals surface area contributed by atoms with Crippen LogP contribution in [0.25, 0.3) is 0 Å². The first-order chi connectivity index (χ1) is 3.93. The summed E-state index contributed by atoms with van der Waals surface area (Å²) >= 11 is 0. The fourth-order valence-electron chi connectivity index (χ4n) is 0.457. The number of nitrogens with zero attached hydrogens (tertiary/aromatic N) is 1. The molecule has 42 valence electrons. The van der Waals surface area contributed by atoms with Gasteiger partial charge in [0.05, 0.1) is 0 Å². The number of hydrogen-bond donors (Lipinski definition) is 1. The van der Waals surface area contributed by atoms with E-state index in [9.17, 15) is 4.79 Å². The standard InChI is InChI=1S/C5H6N2O/c8-4-5-6-2-1-3-7-5/h1-6H. The highest BCUT2D eigenvalue weighted by atomic mass is 16.1. The maximum absolute atomic E-state index is 9.95. The summed E-state index contributed by atoms with van der Waals surface area (Å²) in [5, 5.41) is 2.72. The number of carbonyl (C=O) groups is 1. The molecule has 3 nitrogen and oxygen atoms in total. The van der Waals surface area contributed by atoms with Crippen LogP contribution in [-0.4, -0.2) is 18.7 Å². The molecule has 1 aliphatic heterocycles. The van der Waals surface area contributed by atoms with Crippen LogP contribution in [0, 0.1) is 0 Å². The van der Waals surface area contributed by atoms with Crippen LogP contribution in [-0.2, 0) is 4.79 Å². The lowest BCUT2D eigenvalue weighted by molar-refractivity contribution is -0.109.